The van der Waals surface area contributed by atoms with Gasteiger partial charge in [0.15, 0.2) is 6.10 Å². The van der Waals surface area contributed by atoms with Gasteiger partial charge in [-0.3, -0.25) is 9.97 Å². The van der Waals surface area contributed by atoms with Gasteiger partial charge in [0.1, 0.15) is 5.71 Å². The van der Waals surface area contributed by atoms with E-state index >= 15 is 0 Å². The lowest BCUT2D eigenvalue weighted by atomic mass is 9.77. The molecule has 26 heavy (non-hydrogen) atoms. The fourth-order valence-electron chi connectivity index (χ4n) is 4.41. The van der Waals surface area contributed by atoms with Gasteiger partial charge in [0.25, 0.3) is 0 Å². The fourth-order valence-corrected chi connectivity index (χ4v) is 4.41. The Morgan fingerprint density at radius 3 is 2.46 bits per heavy atom. The molecule has 3 heterocycles. The molecule has 0 saturated carbocycles. The summed E-state index contributed by atoms with van der Waals surface area (Å²) in [5.74, 6) is -0.0111. The van der Waals surface area contributed by atoms with Crippen molar-refractivity contribution in [1.29, 1.82) is 0 Å². The van der Waals surface area contributed by atoms with Crippen LogP contribution in [0, 0.1) is 20.8 Å². The Balaban J connectivity index is 1.74. The van der Waals surface area contributed by atoms with Crippen LogP contribution in [0.15, 0.2) is 53.9 Å². The lowest BCUT2D eigenvalue weighted by Crippen LogP contribution is -2.24. The summed E-state index contributed by atoms with van der Waals surface area (Å²) in [5, 5.41) is 4.55. The summed E-state index contributed by atoms with van der Waals surface area (Å²) in [5.41, 5.74) is 9.96. The van der Waals surface area contributed by atoms with E-state index in [-0.39, 0.29) is 12.0 Å². The van der Waals surface area contributed by atoms with Crippen molar-refractivity contribution < 1.29 is 4.84 Å². The van der Waals surface area contributed by atoms with Crippen LogP contribution in [-0.4, -0.2) is 15.7 Å². The molecule has 0 saturated heterocycles. The Morgan fingerprint density at radius 1 is 0.923 bits per heavy atom. The molecule has 3 aromatic rings. The largest absolute Gasteiger partial charge is 0.386 e. The summed E-state index contributed by atoms with van der Waals surface area (Å²) < 4.78 is 0. The molecule has 0 fully saturated rings. The Bertz CT molecular complexity index is 1050. The zero-order valence-corrected chi connectivity index (χ0v) is 15.0. The van der Waals surface area contributed by atoms with E-state index in [0.717, 1.165) is 28.2 Å². The van der Waals surface area contributed by atoms with Crippen molar-refractivity contribution >= 4 is 5.71 Å². The molecule has 0 N–H and O–H groups in total. The zero-order chi connectivity index (χ0) is 17.8. The molecule has 128 valence electrons. The first-order valence-corrected chi connectivity index (χ1v) is 8.87. The van der Waals surface area contributed by atoms with Crippen molar-refractivity contribution in [2.45, 2.75) is 32.8 Å². The van der Waals surface area contributed by atoms with E-state index in [4.69, 9.17) is 9.82 Å². The van der Waals surface area contributed by atoms with Gasteiger partial charge in [-0.25, -0.2) is 0 Å². The number of nitrogens with zero attached hydrogens (tertiary/aromatic N) is 3. The average molecular weight is 341 g/mol. The van der Waals surface area contributed by atoms with Crippen LogP contribution in [0.2, 0.25) is 0 Å². The fraction of sp³-hybridized carbons (Fsp3) is 0.227. The molecule has 0 spiro atoms. The summed E-state index contributed by atoms with van der Waals surface area (Å²) in [6.07, 6.45) is 3.49. The second-order valence-electron chi connectivity index (χ2n) is 7.13. The second-order valence-corrected chi connectivity index (χ2v) is 7.13. The van der Waals surface area contributed by atoms with Crippen LogP contribution >= 0.6 is 0 Å². The van der Waals surface area contributed by atoms with Crippen LogP contribution in [-0.2, 0) is 4.84 Å². The van der Waals surface area contributed by atoms with E-state index in [1.165, 1.54) is 22.3 Å². The maximum atomic E-state index is 5.96. The number of hydrogen-bond acceptors (Lipinski definition) is 4. The van der Waals surface area contributed by atoms with Crippen LogP contribution in [0.25, 0.3) is 11.3 Å². The molecule has 2 aromatic heterocycles. The highest BCUT2D eigenvalue weighted by Gasteiger charge is 2.45. The van der Waals surface area contributed by atoms with Crippen molar-refractivity contribution in [3.05, 3.63) is 82.3 Å². The third-order valence-corrected chi connectivity index (χ3v) is 5.33. The van der Waals surface area contributed by atoms with E-state index in [9.17, 15) is 0 Å². The van der Waals surface area contributed by atoms with Gasteiger partial charge in [-0.2, -0.15) is 0 Å². The van der Waals surface area contributed by atoms with Gasteiger partial charge >= 0.3 is 0 Å². The summed E-state index contributed by atoms with van der Waals surface area (Å²) >= 11 is 0. The number of benzene rings is 1. The van der Waals surface area contributed by atoms with E-state index in [1.54, 1.807) is 0 Å². The van der Waals surface area contributed by atoms with Gasteiger partial charge in [0.2, 0.25) is 0 Å². The number of pyridine rings is 2. The van der Waals surface area contributed by atoms with Gasteiger partial charge in [0.05, 0.1) is 17.3 Å². The van der Waals surface area contributed by atoms with Crippen LogP contribution in [0.4, 0.5) is 0 Å². The molecule has 4 nitrogen and oxygen atoms in total. The SMILES string of the molecule is Cc1cc(C)c(C2=NO[C@@H]3c4cccnc4-c4cccnc4[C@H]23)c(C)c1. The highest BCUT2D eigenvalue weighted by atomic mass is 16.6. The molecule has 0 amide bonds. The van der Waals surface area contributed by atoms with E-state index in [2.05, 4.69) is 55.2 Å². The highest BCUT2D eigenvalue weighted by molar-refractivity contribution is 6.09. The Hall–Kier alpha value is -3.01. The molecule has 4 heteroatoms. The molecule has 0 bridgehead atoms. The minimum Gasteiger partial charge on any atom is -0.386 e. The number of hydrogen-bond donors (Lipinski definition) is 0. The van der Waals surface area contributed by atoms with Crippen LogP contribution in [0.1, 0.15) is 45.5 Å². The molecule has 5 rings (SSSR count). The minimum atomic E-state index is -0.170. The molecular weight excluding hydrogens is 322 g/mol. The summed E-state index contributed by atoms with van der Waals surface area (Å²) in [4.78, 5) is 15.3. The van der Waals surface area contributed by atoms with E-state index in [1.807, 2.05) is 24.5 Å². The molecule has 2 aliphatic rings. The van der Waals surface area contributed by atoms with Crippen molar-refractivity contribution in [1.82, 2.24) is 9.97 Å². The normalized spacial score (nSPS) is 19.9. The standard InChI is InChI=1S/C22H19N3O/c1-12-10-13(2)17(14(3)11-12)21-18-20-15(6-4-9-24-20)19-16(7-5-8-23-19)22(18)26-25-21/h4-11,18,22H,1-3H3/t18-,22-/m1/s1. The van der Waals surface area contributed by atoms with Crippen molar-refractivity contribution in [3.63, 3.8) is 0 Å². The lowest BCUT2D eigenvalue weighted by Gasteiger charge is -2.28. The third-order valence-electron chi connectivity index (χ3n) is 5.33. The first kappa shape index (κ1) is 15.3. The predicted octanol–water partition coefficient (Wildman–Crippen LogP) is 4.64. The second kappa shape index (κ2) is 5.49. The topological polar surface area (TPSA) is 47.4 Å². The molecule has 1 aliphatic heterocycles. The van der Waals surface area contributed by atoms with Gasteiger partial charge in [-0.15, -0.1) is 0 Å². The molecule has 2 atom stereocenters. The van der Waals surface area contributed by atoms with E-state index < -0.39 is 0 Å². The molecule has 0 unspecified atom stereocenters. The summed E-state index contributed by atoms with van der Waals surface area (Å²) in [6, 6.07) is 12.5. The zero-order valence-electron chi connectivity index (χ0n) is 15.0. The molecule has 1 aromatic carbocycles. The highest BCUT2D eigenvalue weighted by Crippen LogP contribution is 2.50. The predicted molar refractivity (Wildman–Crippen MR) is 101 cm³/mol. The van der Waals surface area contributed by atoms with Gasteiger partial charge < -0.3 is 4.84 Å². The lowest BCUT2D eigenvalue weighted by molar-refractivity contribution is 0.0746. The number of aryl methyl sites for hydroxylation is 3. The van der Waals surface area contributed by atoms with Gasteiger partial charge in [-0.05, 0) is 50.1 Å². The third kappa shape index (κ3) is 2.05. The first-order valence-electron chi connectivity index (χ1n) is 8.87. The quantitative estimate of drug-likeness (QED) is 0.648. The molecule has 0 radical (unpaired) electrons. The maximum Gasteiger partial charge on any atom is 0.168 e. The summed E-state index contributed by atoms with van der Waals surface area (Å²) in [6.45, 7) is 6.41. The first-order chi connectivity index (χ1) is 12.6. The van der Waals surface area contributed by atoms with Crippen LogP contribution in [0.3, 0.4) is 0 Å². The number of rotatable bonds is 1. The van der Waals surface area contributed by atoms with Crippen LogP contribution in [0.5, 0.6) is 0 Å². The Morgan fingerprint density at radius 2 is 1.65 bits per heavy atom. The Kier molecular flexibility index (Phi) is 3.23. The van der Waals surface area contributed by atoms with Crippen molar-refractivity contribution in [2.75, 3.05) is 0 Å². The average Bonchev–Trinajstić information content (AvgIpc) is 3.06. The summed E-state index contributed by atoms with van der Waals surface area (Å²) in [7, 11) is 0. The van der Waals surface area contributed by atoms with Gasteiger partial charge in [0, 0.05) is 29.1 Å². The van der Waals surface area contributed by atoms with Crippen LogP contribution < -0.4 is 0 Å². The molecular formula is C22H19N3O. The number of oxime groups is 1. The molecule has 1 aliphatic carbocycles. The van der Waals surface area contributed by atoms with Crippen molar-refractivity contribution in [2.24, 2.45) is 5.16 Å². The van der Waals surface area contributed by atoms with Gasteiger partial charge in [-0.1, -0.05) is 28.9 Å². The van der Waals surface area contributed by atoms with E-state index in [0.29, 0.717) is 0 Å². The number of fused-ring (bicyclic) bond motifs is 6. The smallest absolute Gasteiger partial charge is 0.168 e. The monoisotopic (exact) mass is 341 g/mol. The maximum absolute atomic E-state index is 5.96. The number of aromatic nitrogens is 2. The Labute approximate surface area is 152 Å². The van der Waals surface area contributed by atoms with Crippen molar-refractivity contribution in [3.8, 4) is 11.3 Å². The minimum absolute atomic E-state index is 0.0111.